The number of hydrogen-bond donors (Lipinski definition) is 0. The van der Waals surface area contributed by atoms with Crippen molar-refractivity contribution in [3.63, 3.8) is 0 Å². The zero-order chi connectivity index (χ0) is 20.9. The van der Waals surface area contributed by atoms with Crippen LogP contribution in [0.15, 0.2) is 33.8 Å². The molecule has 0 atom stereocenters. The molecule has 3 rings (SSSR count). The molecule has 0 unspecified atom stereocenters. The average Bonchev–Trinajstić information content (AvgIpc) is 3.05. The van der Waals surface area contributed by atoms with Crippen LogP contribution >= 0.6 is 0 Å². The molecule has 8 nitrogen and oxygen atoms in total. The molecule has 0 fully saturated rings. The summed E-state index contributed by atoms with van der Waals surface area (Å²) in [5.74, 6) is 5.48. The molecule has 0 aromatic carbocycles. The summed E-state index contributed by atoms with van der Waals surface area (Å²) in [6, 6.07) is 0.865. The number of amides is 2. The normalized spacial score (nSPS) is 18.3. The van der Waals surface area contributed by atoms with Crippen molar-refractivity contribution in [2.24, 2.45) is 15.4 Å². The standard InChI is InChI=1S/C20H23FN6O2/c1-4-5-6-7-8-26-19(28)27(23-12-15-9-16(21)13-22-11-15)14-18(24-26)17-10-20(2,3)29-25-17/h9,11-13H,4-5,8,10,14H2,1-3H3. The van der Waals surface area contributed by atoms with Crippen LogP contribution in [0.3, 0.4) is 0 Å². The third-order valence-electron chi connectivity index (χ3n) is 4.11. The number of urea groups is 1. The summed E-state index contributed by atoms with van der Waals surface area (Å²) in [7, 11) is 0. The molecule has 0 saturated carbocycles. The van der Waals surface area contributed by atoms with Gasteiger partial charge in [-0.15, -0.1) is 5.92 Å². The van der Waals surface area contributed by atoms with Gasteiger partial charge in [0.05, 0.1) is 19.0 Å². The van der Waals surface area contributed by atoms with E-state index in [0.29, 0.717) is 23.4 Å². The number of nitrogens with zero attached hydrogens (tertiary/aromatic N) is 6. The van der Waals surface area contributed by atoms with Gasteiger partial charge in [-0.2, -0.15) is 10.2 Å². The summed E-state index contributed by atoms with van der Waals surface area (Å²) in [5.41, 5.74) is 1.27. The predicted molar refractivity (Wildman–Crippen MR) is 108 cm³/mol. The first kappa shape index (κ1) is 20.5. The van der Waals surface area contributed by atoms with Gasteiger partial charge in [0.2, 0.25) is 0 Å². The summed E-state index contributed by atoms with van der Waals surface area (Å²) in [6.45, 7) is 6.18. The van der Waals surface area contributed by atoms with E-state index in [4.69, 9.17) is 4.84 Å². The van der Waals surface area contributed by atoms with Gasteiger partial charge in [0, 0.05) is 24.6 Å². The van der Waals surface area contributed by atoms with E-state index in [1.807, 2.05) is 20.8 Å². The lowest BCUT2D eigenvalue weighted by Crippen LogP contribution is -2.47. The van der Waals surface area contributed by atoms with Crippen molar-refractivity contribution in [3.05, 3.63) is 29.8 Å². The van der Waals surface area contributed by atoms with Gasteiger partial charge >= 0.3 is 6.03 Å². The van der Waals surface area contributed by atoms with E-state index in [1.165, 1.54) is 28.5 Å². The fraction of sp³-hybridized carbons (Fsp3) is 0.450. The summed E-state index contributed by atoms with van der Waals surface area (Å²) in [6.07, 6.45) is 6.21. The van der Waals surface area contributed by atoms with Crippen LogP contribution in [0, 0.1) is 17.7 Å². The molecule has 29 heavy (non-hydrogen) atoms. The number of hydrazone groups is 2. The predicted octanol–water partition coefficient (Wildman–Crippen LogP) is 3.01. The van der Waals surface area contributed by atoms with Gasteiger partial charge in [0.25, 0.3) is 0 Å². The second-order valence-corrected chi connectivity index (χ2v) is 7.29. The van der Waals surface area contributed by atoms with E-state index in [0.717, 1.165) is 19.0 Å². The Morgan fingerprint density at radius 1 is 1.34 bits per heavy atom. The second kappa shape index (κ2) is 8.82. The third-order valence-corrected chi connectivity index (χ3v) is 4.11. The first-order valence-electron chi connectivity index (χ1n) is 9.40. The molecule has 2 aliphatic heterocycles. The molecule has 0 spiro atoms. The topological polar surface area (TPSA) is 82.8 Å². The number of unbranched alkanes of at least 4 members (excludes halogenated alkanes) is 1. The summed E-state index contributed by atoms with van der Waals surface area (Å²) < 4.78 is 13.3. The zero-order valence-corrected chi connectivity index (χ0v) is 16.7. The minimum atomic E-state index is -0.478. The first-order chi connectivity index (χ1) is 13.9. The number of oxime groups is 1. The van der Waals surface area contributed by atoms with Crippen molar-refractivity contribution >= 4 is 23.7 Å². The number of rotatable bonds is 5. The van der Waals surface area contributed by atoms with E-state index in [9.17, 15) is 9.18 Å². The van der Waals surface area contributed by atoms with Crippen LogP contribution in [0.2, 0.25) is 0 Å². The maximum atomic E-state index is 13.3. The molecular formula is C20H23FN6O2. The monoisotopic (exact) mass is 398 g/mol. The molecule has 0 saturated heterocycles. The number of pyridine rings is 1. The maximum Gasteiger partial charge on any atom is 0.362 e. The van der Waals surface area contributed by atoms with E-state index >= 15 is 0 Å². The van der Waals surface area contributed by atoms with Crippen molar-refractivity contribution in [3.8, 4) is 11.8 Å². The quantitative estimate of drug-likeness (QED) is 0.565. The lowest BCUT2D eigenvalue weighted by molar-refractivity contribution is 0.0123. The van der Waals surface area contributed by atoms with Gasteiger partial charge in [-0.25, -0.2) is 19.2 Å². The summed E-state index contributed by atoms with van der Waals surface area (Å²) in [4.78, 5) is 22.0. The van der Waals surface area contributed by atoms with Gasteiger partial charge in [0.15, 0.2) is 0 Å². The lowest BCUT2D eigenvalue weighted by atomic mass is 10.00. The maximum absolute atomic E-state index is 13.3. The molecule has 2 aliphatic rings. The van der Waals surface area contributed by atoms with Crippen LogP contribution in [-0.4, -0.2) is 57.4 Å². The number of carbonyl (C=O) groups excluding carboxylic acids is 1. The molecule has 0 radical (unpaired) electrons. The number of hydrogen-bond acceptors (Lipinski definition) is 6. The highest BCUT2D eigenvalue weighted by Gasteiger charge is 2.36. The second-order valence-electron chi connectivity index (χ2n) is 7.29. The molecule has 1 aromatic heterocycles. The van der Waals surface area contributed by atoms with E-state index in [2.05, 4.69) is 32.2 Å². The molecule has 2 amide bonds. The Bertz CT molecular complexity index is 928. The Morgan fingerprint density at radius 2 is 2.17 bits per heavy atom. The van der Waals surface area contributed by atoms with Crippen LogP contribution in [0.25, 0.3) is 0 Å². The Hall–Kier alpha value is -3.28. The molecule has 9 heteroatoms. The van der Waals surface area contributed by atoms with Crippen molar-refractivity contribution in [2.45, 2.75) is 45.6 Å². The van der Waals surface area contributed by atoms with Gasteiger partial charge in [-0.3, -0.25) is 4.98 Å². The molecule has 152 valence electrons. The van der Waals surface area contributed by atoms with Gasteiger partial charge in [-0.1, -0.05) is 18.0 Å². The third kappa shape index (κ3) is 5.38. The van der Waals surface area contributed by atoms with Crippen LogP contribution < -0.4 is 0 Å². The van der Waals surface area contributed by atoms with Crippen molar-refractivity contribution in [1.82, 2.24) is 15.0 Å². The summed E-state index contributed by atoms with van der Waals surface area (Å²) >= 11 is 0. The van der Waals surface area contributed by atoms with Crippen LogP contribution in [0.1, 0.15) is 45.6 Å². The van der Waals surface area contributed by atoms with E-state index < -0.39 is 17.4 Å². The summed E-state index contributed by atoms with van der Waals surface area (Å²) in [5, 5.41) is 15.3. The van der Waals surface area contributed by atoms with Crippen molar-refractivity contribution in [2.75, 3.05) is 13.1 Å². The SMILES string of the molecule is CCCC#CCN1N=C(C2=NOC(C)(C)C2)CN(N=Cc2cncc(F)c2)C1=O. The number of carbonyl (C=O) groups is 1. The molecule has 1 aromatic rings. The Kier molecular flexibility index (Phi) is 6.22. The van der Waals surface area contributed by atoms with E-state index in [1.54, 1.807) is 0 Å². The molecule has 0 N–H and O–H groups in total. The van der Waals surface area contributed by atoms with Gasteiger partial charge in [0.1, 0.15) is 29.4 Å². The van der Waals surface area contributed by atoms with Crippen molar-refractivity contribution in [1.29, 1.82) is 0 Å². The molecular weight excluding hydrogens is 375 g/mol. The Morgan fingerprint density at radius 3 is 2.86 bits per heavy atom. The lowest BCUT2D eigenvalue weighted by Gasteiger charge is -2.28. The zero-order valence-electron chi connectivity index (χ0n) is 16.7. The van der Waals surface area contributed by atoms with Gasteiger partial charge < -0.3 is 4.84 Å². The fourth-order valence-electron chi connectivity index (χ4n) is 2.69. The minimum Gasteiger partial charge on any atom is -0.389 e. The number of aromatic nitrogens is 1. The fourth-order valence-corrected chi connectivity index (χ4v) is 2.69. The van der Waals surface area contributed by atoms with Crippen LogP contribution in [0.5, 0.6) is 0 Å². The smallest absolute Gasteiger partial charge is 0.362 e. The van der Waals surface area contributed by atoms with Crippen LogP contribution in [-0.2, 0) is 4.84 Å². The molecule has 0 bridgehead atoms. The minimum absolute atomic E-state index is 0.134. The molecule has 3 heterocycles. The average molecular weight is 398 g/mol. The number of halogens is 1. The van der Waals surface area contributed by atoms with Crippen molar-refractivity contribution < 1.29 is 14.0 Å². The largest absolute Gasteiger partial charge is 0.389 e. The van der Waals surface area contributed by atoms with Crippen LogP contribution in [0.4, 0.5) is 9.18 Å². The highest BCUT2D eigenvalue weighted by molar-refractivity contribution is 6.44. The van der Waals surface area contributed by atoms with E-state index in [-0.39, 0.29) is 13.1 Å². The highest BCUT2D eigenvalue weighted by Crippen LogP contribution is 2.24. The molecule has 0 aliphatic carbocycles. The Balaban J connectivity index is 1.82. The first-order valence-corrected chi connectivity index (χ1v) is 9.40. The highest BCUT2D eigenvalue weighted by atomic mass is 19.1. The van der Waals surface area contributed by atoms with Gasteiger partial charge in [-0.05, 0) is 26.3 Å². The Labute approximate surface area is 169 Å².